The van der Waals surface area contributed by atoms with Gasteiger partial charge in [0, 0.05) is 19.1 Å². The normalized spacial score (nSPS) is 21.6. The quantitative estimate of drug-likeness (QED) is 0.924. The molecule has 0 aromatic heterocycles. The number of hydrogen-bond acceptors (Lipinski definition) is 3. The molecule has 1 aliphatic rings. The summed E-state index contributed by atoms with van der Waals surface area (Å²) in [5, 5.41) is 0. The molecule has 0 bridgehead atoms. The minimum Gasteiger partial charge on any atom is -0.328 e. The molecule has 1 aliphatic heterocycles. The molecular formula is C15H25ClN2O2S. The fourth-order valence-corrected chi connectivity index (χ4v) is 4.59. The third-order valence-corrected chi connectivity index (χ3v) is 6.14. The summed E-state index contributed by atoms with van der Waals surface area (Å²) in [4.78, 5) is 0.424. The zero-order valence-corrected chi connectivity index (χ0v) is 14.5. The Morgan fingerprint density at radius 3 is 2.57 bits per heavy atom. The van der Waals surface area contributed by atoms with Gasteiger partial charge in [0.1, 0.15) is 0 Å². The first-order valence-corrected chi connectivity index (χ1v) is 8.59. The van der Waals surface area contributed by atoms with Crippen LogP contribution in [0.25, 0.3) is 0 Å². The lowest BCUT2D eigenvalue weighted by Gasteiger charge is -2.34. The van der Waals surface area contributed by atoms with E-state index in [2.05, 4.69) is 0 Å². The largest absolute Gasteiger partial charge is 0.328 e. The summed E-state index contributed by atoms with van der Waals surface area (Å²) < 4.78 is 27.1. The number of piperidine rings is 1. The van der Waals surface area contributed by atoms with Gasteiger partial charge in [-0.05, 0) is 51.2 Å². The Morgan fingerprint density at radius 2 is 2.00 bits per heavy atom. The maximum atomic E-state index is 12.8. The number of rotatable bonds is 3. The highest BCUT2D eigenvalue weighted by Gasteiger charge is 2.32. The van der Waals surface area contributed by atoms with Crippen LogP contribution in [0.4, 0.5) is 0 Å². The van der Waals surface area contributed by atoms with E-state index in [1.807, 2.05) is 32.9 Å². The standard InChI is InChI=1S/C15H24N2O2S.ClH/c1-11-6-7-15(12(2)9-11)20(18,19)17-8-4-5-14(10-17)13(3)16;/h6-7,9,13-14H,4-5,8,10,16H2,1-3H3;1H. The maximum absolute atomic E-state index is 12.8. The van der Waals surface area contributed by atoms with Crippen LogP contribution in [0.1, 0.15) is 30.9 Å². The Balaban J connectivity index is 0.00000220. The van der Waals surface area contributed by atoms with E-state index in [0.717, 1.165) is 24.0 Å². The molecule has 120 valence electrons. The monoisotopic (exact) mass is 332 g/mol. The second-order valence-electron chi connectivity index (χ2n) is 5.89. The first kappa shape index (κ1) is 18.4. The van der Waals surface area contributed by atoms with Crippen molar-refractivity contribution in [3.05, 3.63) is 29.3 Å². The summed E-state index contributed by atoms with van der Waals surface area (Å²) in [5.41, 5.74) is 7.83. The van der Waals surface area contributed by atoms with Gasteiger partial charge in [-0.1, -0.05) is 17.7 Å². The number of nitrogens with zero attached hydrogens (tertiary/aromatic N) is 1. The predicted molar refractivity (Wildman–Crippen MR) is 88.3 cm³/mol. The van der Waals surface area contributed by atoms with Crippen molar-refractivity contribution in [1.29, 1.82) is 0 Å². The van der Waals surface area contributed by atoms with Gasteiger partial charge in [0.25, 0.3) is 0 Å². The summed E-state index contributed by atoms with van der Waals surface area (Å²) >= 11 is 0. The van der Waals surface area contributed by atoms with E-state index in [1.54, 1.807) is 10.4 Å². The van der Waals surface area contributed by atoms with E-state index in [9.17, 15) is 8.42 Å². The molecule has 6 heteroatoms. The molecule has 1 heterocycles. The van der Waals surface area contributed by atoms with Gasteiger partial charge in [-0.2, -0.15) is 4.31 Å². The number of nitrogens with two attached hydrogens (primary N) is 1. The van der Waals surface area contributed by atoms with E-state index in [1.165, 1.54) is 0 Å². The fourth-order valence-electron chi connectivity index (χ4n) is 2.85. The fraction of sp³-hybridized carbons (Fsp3) is 0.600. The predicted octanol–water partition coefficient (Wildman–Crippen LogP) is 2.47. The lowest BCUT2D eigenvalue weighted by Crippen LogP contribution is -2.45. The molecule has 2 atom stereocenters. The Bertz CT molecular complexity index is 587. The Kier molecular flexibility index (Phi) is 6.23. The Hall–Kier alpha value is -0.620. The lowest BCUT2D eigenvalue weighted by atomic mass is 9.93. The molecule has 2 rings (SSSR count). The van der Waals surface area contributed by atoms with Crippen LogP contribution in [0, 0.1) is 19.8 Å². The average molecular weight is 333 g/mol. The number of benzene rings is 1. The zero-order chi connectivity index (χ0) is 14.9. The lowest BCUT2D eigenvalue weighted by molar-refractivity contribution is 0.243. The van der Waals surface area contributed by atoms with Crippen molar-refractivity contribution in [3.63, 3.8) is 0 Å². The van der Waals surface area contributed by atoms with E-state index in [0.29, 0.717) is 18.0 Å². The molecular weight excluding hydrogens is 308 g/mol. The maximum Gasteiger partial charge on any atom is 0.243 e. The topological polar surface area (TPSA) is 63.4 Å². The van der Waals surface area contributed by atoms with Crippen molar-refractivity contribution < 1.29 is 8.42 Å². The molecule has 0 saturated carbocycles. The van der Waals surface area contributed by atoms with Crippen LogP contribution in [-0.2, 0) is 10.0 Å². The van der Waals surface area contributed by atoms with Gasteiger partial charge < -0.3 is 5.73 Å². The van der Waals surface area contributed by atoms with E-state index < -0.39 is 10.0 Å². The van der Waals surface area contributed by atoms with Crippen LogP contribution in [0.3, 0.4) is 0 Å². The first-order chi connectivity index (χ1) is 9.32. The van der Waals surface area contributed by atoms with Crippen molar-refractivity contribution in [3.8, 4) is 0 Å². The highest BCUT2D eigenvalue weighted by atomic mass is 35.5. The van der Waals surface area contributed by atoms with Gasteiger partial charge in [0.2, 0.25) is 10.0 Å². The minimum atomic E-state index is -3.40. The SMILES string of the molecule is Cc1ccc(S(=O)(=O)N2CCCC(C(C)N)C2)c(C)c1.Cl. The molecule has 1 saturated heterocycles. The van der Waals surface area contributed by atoms with Crippen molar-refractivity contribution in [1.82, 2.24) is 4.31 Å². The molecule has 21 heavy (non-hydrogen) atoms. The van der Waals surface area contributed by atoms with Crippen LogP contribution in [-0.4, -0.2) is 31.9 Å². The molecule has 2 N–H and O–H groups in total. The zero-order valence-electron chi connectivity index (χ0n) is 12.9. The van der Waals surface area contributed by atoms with Gasteiger partial charge >= 0.3 is 0 Å². The van der Waals surface area contributed by atoms with Crippen LogP contribution < -0.4 is 5.73 Å². The summed E-state index contributed by atoms with van der Waals surface area (Å²) in [7, 11) is -3.40. The number of aryl methyl sites for hydroxylation is 2. The van der Waals surface area contributed by atoms with Crippen molar-refractivity contribution >= 4 is 22.4 Å². The second kappa shape index (κ2) is 7.09. The molecule has 0 radical (unpaired) electrons. The van der Waals surface area contributed by atoms with Crippen LogP contribution in [0.2, 0.25) is 0 Å². The molecule has 2 unspecified atom stereocenters. The van der Waals surface area contributed by atoms with Crippen LogP contribution in [0.5, 0.6) is 0 Å². The molecule has 4 nitrogen and oxygen atoms in total. The number of sulfonamides is 1. The summed E-state index contributed by atoms with van der Waals surface area (Å²) in [6, 6.07) is 5.52. The molecule has 1 aromatic rings. The van der Waals surface area contributed by atoms with Crippen molar-refractivity contribution in [2.24, 2.45) is 11.7 Å². The number of halogens is 1. The molecule has 0 amide bonds. The molecule has 1 aromatic carbocycles. The van der Waals surface area contributed by atoms with Crippen molar-refractivity contribution in [2.75, 3.05) is 13.1 Å². The third kappa shape index (κ3) is 3.97. The second-order valence-corrected chi connectivity index (χ2v) is 7.80. The van der Waals surface area contributed by atoms with Crippen LogP contribution >= 0.6 is 12.4 Å². The van der Waals surface area contributed by atoms with E-state index >= 15 is 0 Å². The highest BCUT2D eigenvalue weighted by molar-refractivity contribution is 7.89. The minimum absolute atomic E-state index is 0. The summed E-state index contributed by atoms with van der Waals surface area (Å²) in [6.07, 6.45) is 1.90. The highest BCUT2D eigenvalue weighted by Crippen LogP contribution is 2.27. The van der Waals surface area contributed by atoms with Crippen molar-refractivity contribution in [2.45, 2.75) is 44.6 Å². The average Bonchev–Trinajstić information content (AvgIpc) is 2.38. The summed E-state index contributed by atoms with van der Waals surface area (Å²) in [6.45, 7) is 6.91. The summed E-state index contributed by atoms with van der Waals surface area (Å²) in [5.74, 6) is 0.254. The number of hydrogen-bond donors (Lipinski definition) is 1. The Morgan fingerprint density at radius 1 is 1.33 bits per heavy atom. The van der Waals surface area contributed by atoms with Crippen LogP contribution in [0.15, 0.2) is 23.1 Å². The molecule has 0 aliphatic carbocycles. The smallest absolute Gasteiger partial charge is 0.243 e. The Labute approximate surface area is 134 Å². The van der Waals surface area contributed by atoms with Gasteiger partial charge in [0.15, 0.2) is 0 Å². The van der Waals surface area contributed by atoms with Gasteiger partial charge in [-0.3, -0.25) is 0 Å². The third-order valence-electron chi connectivity index (χ3n) is 4.11. The van der Waals surface area contributed by atoms with Gasteiger partial charge in [0.05, 0.1) is 4.90 Å². The van der Waals surface area contributed by atoms with E-state index in [4.69, 9.17) is 5.73 Å². The molecule has 0 spiro atoms. The molecule has 1 fully saturated rings. The van der Waals surface area contributed by atoms with E-state index in [-0.39, 0.29) is 24.4 Å². The van der Waals surface area contributed by atoms with Gasteiger partial charge in [-0.15, -0.1) is 12.4 Å². The van der Waals surface area contributed by atoms with Gasteiger partial charge in [-0.25, -0.2) is 8.42 Å². The first-order valence-electron chi connectivity index (χ1n) is 7.15.